The highest BCUT2D eigenvalue weighted by Gasteiger charge is 2.40. The van der Waals surface area contributed by atoms with Crippen LogP contribution in [0, 0.1) is 12.7 Å². The highest BCUT2D eigenvalue weighted by molar-refractivity contribution is 6.31. The number of methoxy groups -OCH3 is 1. The first kappa shape index (κ1) is 22.9. The van der Waals surface area contributed by atoms with E-state index in [1.807, 2.05) is 0 Å². The van der Waals surface area contributed by atoms with Crippen molar-refractivity contribution in [2.45, 2.75) is 25.9 Å². The minimum atomic E-state index is -0.952. The zero-order chi connectivity index (χ0) is 24.9. The molecular weight excluding hydrogens is 473 g/mol. The Balaban J connectivity index is 1.54. The third-order valence-electron chi connectivity index (χ3n) is 6.24. The number of ether oxygens (including phenoxy) is 2. The molecule has 1 aliphatic rings. The summed E-state index contributed by atoms with van der Waals surface area (Å²) in [7, 11) is 1.49. The number of ketones is 1. The molecule has 1 atom stereocenters. The molecule has 1 aromatic heterocycles. The Labute approximate surface area is 205 Å². The molecule has 0 saturated carbocycles. The number of fused-ring (bicyclic) bond motifs is 3. The third kappa shape index (κ3) is 3.91. The number of benzene rings is 3. The van der Waals surface area contributed by atoms with Gasteiger partial charge in [-0.2, -0.15) is 0 Å². The fourth-order valence-electron chi connectivity index (χ4n) is 4.49. The van der Waals surface area contributed by atoms with Gasteiger partial charge < -0.3 is 19.2 Å². The Morgan fingerprint density at radius 2 is 1.89 bits per heavy atom. The van der Waals surface area contributed by atoms with E-state index >= 15 is 0 Å². The summed E-state index contributed by atoms with van der Waals surface area (Å²) >= 11 is 6.07. The fraction of sp³-hybridized carbons (Fsp3) is 0.185. The second-order valence-corrected chi connectivity index (χ2v) is 9.04. The number of hydrogen-bond acceptors (Lipinski definition) is 5. The monoisotopic (exact) mass is 493 g/mol. The van der Waals surface area contributed by atoms with Crippen molar-refractivity contribution in [2.24, 2.45) is 0 Å². The van der Waals surface area contributed by atoms with Crippen LogP contribution in [0.4, 0.5) is 10.1 Å². The van der Waals surface area contributed by atoms with Crippen LogP contribution in [0.3, 0.4) is 0 Å². The molecule has 35 heavy (non-hydrogen) atoms. The Hall–Kier alpha value is -3.84. The highest BCUT2D eigenvalue weighted by Crippen LogP contribution is 2.44. The number of nitrogens with one attached hydrogen (secondary N) is 1. The van der Waals surface area contributed by atoms with E-state index in [9.17, 15) is 14.0 Å². The molecule has 0 radical (unpaired) electrons. The maximum absolute atomic E-state index is 13.4. The van der Waals surface area contributed by atoms with Gasteiger partial charge in [0.2, 0.25) is 0 Å². The lowest BCUT2D eigenvalue weighted by molar-refractivity contribution is 0.0507. The second kappa shape index (κ2) is 8.43. The van der Waals surface area contributed by atoms with Crippen LogP contribution in [-0.4, -0.2) is 18.8 Å². The van der Waals surface area contributed by atoms with Gasteiger partial charge in [0.15, 0.2) is 11.5 Å². The largest absolute Gasteiger partial charge is 0.495 e. The molecule has 2 heterocycles. The topological polar surface area (TPSA) is 77.8 Å². The van der Waals surface area contributed by atoms with E-state index in [0.29, 0.717) is 49.9 Å². The van der Waals surface area contributed by atoms with Crippen LogP contribution < -0.4 is 14.8 Å². The Bertz CT molecular complexity index is 1490. The van der Waals surface area contributed by atoms with E-state index in [0.717, 1.165) is 0 Å². The number of Topliss-reactive ketones (excluding diaryl/α,β-unsaturated/α-hetero) is 1. The lowest BCUT2D eigenvalue weighted by Gasteiger charge is -2.35. The molecule has 0 aliphatic carbocycles. The number of carbonyl (C=O) groups is 2. The number of anilines is 1. The van der Waals surface area contributed by atoms with Crippen molar-refractivity contribution in [3.05, 3.63) is 87.9 Å². The van der Waals surface area contributed by atoms with E-state index in [-0.39, 0.29) is 23.8 Å². The molecule has 0 fully saturated rings. The predicted molar refractivity (Wildman–Crippen MR) is 130 cm³/mol. The summed E-state index contributed by atoms with van der Waals surface area (Å²) in [5.41, 5.74) is 1.40. The normalized spacial score (nSPS) is 17.1. The maximum atomic E-state index is 13.4. The summed E-state index contributed by atoms with van der Waals surface area (Å²) in [6, 6.07) is 14.1. The van der Waals surface area contributed by atoms with E-state index in [4.69, 9.17) is 25.5 Å². The molecule has 3 aromatic carbocycles. The first-order chi connectivity index (χ1) is 16.7. The summed E-state index contributed by atoms with van der Waals surface area (Å²) < 4.78 is 30.8. The second-order valence-electron chi connectivity index (χ2n) is 8.61. The van der Waals surface area contributed by atoms with Gasteiger partial charge in [-0.05, 0) is 61.9 Å². The van der Waals surface area contributed by atoms with E-state index < -0.39 is 11.5 Å². The fourth-order valence-corrected chi connectivity index (χ4v) is 4.67. The molecule has 0 spiro atoms. The lowest BCUT2D eigenvalue weighted by atomic mass is 9.84. The molecule has 5 rings (SSSR count). The van der Waals surface area contributed by atoms with Crippen molar-refractivity contribution >= 4 is 39.9 Å². The molecule has 4 aromatic rings. The first-order valence-electron chi connectivity index (χ1n) is 10.9. The summed E-state index contributed by atoms with van der Waals surface area (Å²) in [5, 5.41) is 3.72. The molecule has 0 unspecified atom stereocenters. The van der Waals surface area contributed by atoms with Crippen molar-refractivity contribution in [1.82, 2.24) is 0 Å². The number of amides is 1. The molecule has 1 N–H and O–H groups in total. The van der Waals surface area contributed by atoms with Crippen LogP contribution in [0.5, 0.6) is 11.5 Å². The van der Waals surface area contributed by atoms with Gasteiger partial charge in [-0.3, -0.25) is 9.59 Å². The van der Waals surface area contributed by atoms with Crippen molar-refractivity contribution in [2.75, 3.05) is 12.4 Å². The van der Waals surface area contributed by atoms with E-state index in [1.54, 1.807) is 56.3 Å². The summed E-state index contributed by atoms with van der Waals surface area (Å²) in [4.78, 5) is 26.5. The van der Waals surface area contributed by atoms with Crippen LogP contribution in [0.2, 0.25) is 5.02 Å². The van der Waals surface area contributed by atoms with Crippen LogP contribution >= 0.6 is 11.6 Å². The van der Waals surface area contributed by atoms with E-state index in [1.165, 1.54) is 19.2 Å². The molecule has 178 valence electrons. The molecule has 0 bridgehead atoms. The number of furan rings is 1. The van der Waals surface area contributed by atoms with Gasteiger partial charge in [-0.15, -0.1) is 0 Å². The molecular formula is C27H21ClFNO5. The lowest BCUT2D eigenvalue weighted by Crippen LogP contribution is -2.36. The summed E-state index contributed by atoms with van der Waals surface area (Å²) in [6.45, 7) is 3.52. The number of rotatable bonds is 4. The van der Waals surface area contributed by atoms with Crippen molar-refractivity contribution < 1.29 is 27.9 Å². The van der Waals surface area contributed by atoms with Crippen molar-refractivity contribution in [3.8, 4) is 11.5 Å². The van der Waals surface area contributed by atoms with Crippen molar-refractivity contribution in [3.63, 3.8) is 0 Å². The van der Waals surface area contributed by atoms with Crippen LogP contribution in [-0.2, 0) is 5.60 Å². The quantitative estimate of drug-likeness (QED) is 0.343. The van der Waals surface area contributed by atoms with Crippen LogP contribution in [0.15, 0.2) is 59.0 Å². The third-order valence-corrected chi connectivity index (χ3v) is 6.47. The number of aryl methyl sites for hydroxylation is 1. The summed E-state index contributed by atoms with van der Waals surface area (Å²) in [5.74, 6) is -0.137. The molecule has 6 nitrogen and oxygen atoms in total. The van der Waals surface area contributed by atoms with Crippen LogP contribution in [0.25, 0.3) is 11.0 Å². The van der Waals surface area contributed by atoms with Gasteiger partial charge in [0.1, 0.15) is 28.5 Å². The van der Waals surface area contributed by atoms with Gasteiger partial charge in [0.25, 0.3) is 5.91 Å². The molecule has 1 aliphatic heterocycles. The average Bonchev–Trinajstić information content (AvgIpc) is 3.16. The minimum absolute atomic E-state index is 0.0522. The predicted octanol–water partition coefficient (Wildman–Crippen LogP) is 6.68. The minimum Gasteiger partial charge on any atom is -0.495 e. The van der Waals surface area contributed by atoms with Gasteiger partial charge in [-0.25, -0.2) is 4.39 Å². The maximum Gasteiger partial charge on any atom is 0.291 e. The van der Waals surface area contributed by atoms with Gasteiger partial charge >= 0.3 is 0 Å². The van der Waals surface area contributed by atoms with E-state index in [2.05, 4.69) is 5.32 Å². The zero-order valence-corrected chi connectivity index (χ0v) is 20.0. The van der Waals surface area contributed by atoms with Gasteiger partial charge in [0, 0.05) is 16.0 Å². The first-order valence-corrected chi connectivity index (χ1v) is 11.3. The molecule has 1 amide bonds. The van der Waals surface area contributed by atoms with Crippen molar-refractivity contribution in [1.29, 1.82) is 0 Å². The SMILES string of the molecule is COc1ccc(Cl)cc1NC(=O)c1oc2ccc3c(c2c1C)C(=O)C[C@](C)(c1ccc(F)cc1)O3. The number of halogens is 2. The molecule has 0 saturated heterocycles. The van der Waals surface area contributed by atoms with Gasteiger partial charge in [-0.1, -0.05) is 23.7 Å². The average molecular weight is 494 g/mol. The highest BCUT2D eigenvalue weighted by atomic mass is 35.5. The Kier molecular flexibility index (Phi) is 5.52. The number of carbonyl (C=O) groups excluding carboxylic acids is 2. The van der Waals surface area contributed by atoms with Gasteiger partial charge in [0.05, 0.1) is 24.8 Å². The Morgan fingerprint density at radius 3 is 2.60 bits per heavy atom. The Morgan fingerprint density at radius 1 is 1.14 bits per heavy atom. The number of hydrogen-bond donors (Lipinski definition) is 1. The standard InChI is InChI=1S/C27H21ClFNO5/c1-14-23-21(34-25(14)26(32)30-18-12-16(28)6-9-20(18)33-3)10-11-22-24(23)19(31)13-27(2,35-22)15-4-7-17(29)8-5-15/h4-12H,13H2,1-3H3,(H,30,32)/t27-/m1/s1. The van der Waals surface area contributed by atoms with Crippen LogP contribution in [0.1, 0.15) is 45.4 Å². The smallest absolute Gasteiger partial charge is 0.291 e. The summed E-state index contributed by atoms with van der Waals surface area (Å²) in [6.07, 6.45) is 0.0522. The zero-order valence-electron chi connectivity index (χ0n) is 19.2. The molecule has 8 heteroatoms.